The molecular weight excluding hydrogens is 224 g/mol. The van der Waals surface area contributed by atoms with Gasteiger partial charge >= 0.3 is 0 Å². The molecule has 2 aromatic rings. The van der Waals surface area contributed by atoms with Crippen molar-refractivity contribution >= 4 is 6.21 Å². The van der Waals surface area contributed by atoms with Crippen LogP contribution in [-0.2, 0) is 6.54 Å². The molecule has 0 amide bonds. The maximum Gasteiger partial charge on any atom is 0.119 e. The SMILES string of the molecule is COc1cccc(C=NNCc2ccccc2)c1. The third-order valence-corrected chi connectivity index (χ3v) is 2.52. The molecule has 0 atom stereocenters. The van der Waals surface area contributed by atoms with Gasteiger partial charge in [0.15, 0.2) is 0 Å². The second kappa shape index (κ2) is 6.45. The van der Waals surface area contributed by atoms with Crippen LogP contribution in [0.15, 0.2) is 59.7 Å². The molecule has 0 bridgehead atoms. The maximum atomic E-state index is 5.15. The quantitative estimate of drug-likeness (QED) is 0.644. The van der Waals surface area contributed by atoms with Gasteiger partial charge in [0.05, 0.1) is 19.9 Å². The summed E-state index contributed by atoms with van der Waals surface area (Å²) in [6, 6.07) is 17.9. The molecule has 0 spiro atoms. The van der Waals surface area contributed by atoms with Crippen molar-refractivity contribution in [3.8, 4) is 5.75 Å². The molecule has 0 fully saturated rings. The van der Waals surface area contributed by atoms with Crippen molar-refractivity contribution in [2.75, 3.05) is 7.11 Å². The fourth-order valence-electron chi connectivity index (χ4n) is 1.57. The van der Waals surface area contributed by atoms with E-state index in [4.69, 9.17) is 4.74 Å². The van der Waals surface area contributed by atoms with Crippen molar-refractivity contribution in [2.24, 2.45) is 5.10 Å². The summed E-state index contributed by atoms with van der Waals surface area (Å²) in [6.07, 6.45) is 1.78. The normalized spacial score (nSPS) is 10.5. The lowest BCUT2D eigenvalue weighted by atomic mass is 10.2. The number of hydrazone groups is 1. The van der Waals surface area contributed by atoms with E-state index in [1.165, 1.54) is 5.56 Å². The Morgan fingerprint density at radius 2 is 1.94 bits per heavy atom. The van der Waals surface area contributed by atoms with Crippen LogP contribution in [0.3, 0.4) is 0 Å². The van der Waals surface area contributed by atoms with Crippen LogP contribution in [0.2, 0.25) is 0 Å². The van der Waals surface area contributed by atoms with Crippen LogP contribution in [-0.4, -0.2) is 13.3 Å². The average molecular weight is 240 g/mol. The molecule has 0 heterocycles. The van der Waals surface area contributed by atoms with Crippen molar-refractivity contribution in [1.29, 1.82) is 0 Å². The molecule has 0 aromatic heterocycles. The van der Waals surface area contributed by atoms with E-state index in [9.17, 15) is 0 Å². The second-order valence-corrected chi connectivity index (χ2v) is 3.86. The summed E-state index contributed by atoms with van der Waals surface area (Å²) >= 11 is 0. The molecular formula is C15H16N2O. The Labute approximate surface area is 107 Å². The number of hydrogen-bond acceptors (Lipinski definition) is 3. The summed E-state index contributed by atoms with van der Waals surface area (Å²) in [5.74, 6) is 0.835. The van der Waals surface area contributed by atoms with Gasteiger partial charge in [0.1, 0.15) is 5.75 Å². The Morgan fingerprint density at radius 1 is 1.11 bits per heavy atom. The molecule has 3 nitrogen and oxygen atoms in total. The number of rotatable bonds is 5. The van der Waals surface area contributed by atoms with Gasteiger partial charge in [0, 0.05) is 0 Å². The number of nitrogens with zero attached hydrogens (tertiary/aromatic N) is 1. The largest absolute Gasteiger partial charge is 0.497 e. The van der Waals surface area contributed by atoms with E-state index in [-0.39, 0.29) is 0 Å². The highest BCUT2D eigenvalue weighted by molar-refractivity contribution is 5.79. The van der Waals surface area contributed by atoms with E-state index in [1.54, 1.807) is 13.3 Å². The third-order valence-electron chi connectivity index (χ3n) is 2.52. The van der Waals surface area contributed by atoms with Crippen molar-refractivity contribution < 1.29 is 4.74 Å². The van der Waals surface area contributed by atoms with Crippen molar-refractivity contribution in [3.63, 3.8) is 0 Å². The summed E-state index contributed by atoms with van der Waals surface area (Å²) in [5.41, 5.74) is 5.23. The first-order chi connectivity index (χ1) is 8.88. The Balaban J connectivity index is 1.87. The predicted octanol–water partition coefficient (Wildman–Crippen LogP) is 2.82. The third kappa shape index (κ3) is 3.63. The average Bonchev–Trinajstić information content (AvgIpc) is 2.45. The van der Waals surface area contributed by atoms with Crippen LogP contribution >= 0.6 is 0 Å². The van der Waals surface area contributed by atoms with E-state index < -0.39 is 0 Å². The first-order valence-corrected chi connectivity index (χ1v) is 5.82. The van der Waals surface area contributed by atoms with Crippen molar-refractivity contribution in [3.05, 3.63) is 65.7 Å². The highest BCUT2D eigenvalue weighted by Crippen LogP contribution is 2.10. The van der Waals surface area contributed by atoms with E-state index >= 15 is 0 Å². The minimum absolute atomic E-state index is 0.724. The van der Waals surface area contributed by atoms with E-state index in [1.807, 2.05) is 42.5 Å². The van der Waals surface area contributed by atoms with E-state index in [2.05, 4.69) is 22.7 Å². The van der Waals surface area contributed by atoms with Gasteiger partial charge in [0.25, 0.3) is 0 Å². The van der Waals surface area contributed by atoms with Gasteiger partial charge in [-0.25, -0.2) is 0 Å². The highest BCUT2D eigenvalue weighted by Gasteiger charge is 1.92. The molecule has 0 radical (unpaired) electrons. The van der Waals surface area contributed by atoms with Gasteiger partial charge in [-0.1, -0.05) is 42.5 Å². The van der Waals surface area contributed by atoms with Crippen LogP contribution in [0, 0.1) is 0 Å². The minimum atomic E-state index is 0.724. The molecule has 0 aliphatic rings. The monoisotopic (exact) mass is 240 g/mol. The number of methoxy groups -OCH3 is 1. The summed E-state index contributed by atoms with van der Waals surface area (Å²) in [7, 11) is 1.66. The minimum Gasteiger partial charge on any atom is -0.497 e. The van der Waals surface area contributed by atoms with Gasteiger partial charge < -0.3 is 10.2 Å². The molecule has 2 aromatic carbocycles. The molecule has 92 valence electrons. The van der Waals surface area contributed by atoms with Crippen molar-refractivity contribution in [2.45, 2.75) is 6.54 Å². The second-order valence-electron chi connectivity index (χ2n) is 3.86. The first kappa shape index (κ1) is 12.2. The topological polar surface area (TPSA) is 33.6 Å². The van der Waals surface area contributed by atoms with Gasteiger partial charge in [-0.2, -0.15) is 5.10 Å². The summed E-state index contributed by atoms with van der Waals surface area (Å²) < 4.78 is 5.15. The molecule has 0 saturated carbocycles. The first-order valence-electron chi connectivity index (χ1n) is 5.82. The molecule has 2 rings (SSSR count). The fraction of sp³-hybridized carbons (Fsp3) is 0.133. The van der Waals surface area contributed by atoms with Crippen LogP contribution < -0.4 is 10.2 Å². The summed E-state index contributed by atoms with van der Waals surface area (Å²) in [5, 5.41) is 4.18. The van der Waals surface area contributed by atoms with Crippen LogP contribution in [0.1, 0.15) is 11.1 Å². The van der Waals surface area contributed by atoms with E-state index in [0.29, 0.717) is 0 Å². The molecule has 0 saturated heterocycles. The number of nitrogens with one attached hydrogen (secondary N) is 1. The predicted molar refractivity (Wildman–Crippen MR) is 73.9 cm³/mol. The Kier molecular flexibility index (Phi) is 4.36. The van der Waals surface area contributed by atoms with Crippen LogP contribution in [0.25, 0.3) is 0 Å². The zero-order chi connectivity index (χ0) is 12.6. The standard InChI is InChI=1S/C15H16N2O/c1-18-15-9-5-8-14(10-15)12-17-16-11-13-6-3-2-4-7-13/h2-10,12,16H,11H2,1H3. The molecule has 18 heavy (non-hydrogen) atoms. The van der Waals surface area contributed by atoms with Gasteiger partial charge in [0.2, 0.25) is 0 Å². The Bertz CT molecular complexity index is 509. The summed E-state index contributed by atoms with van der Waals surface area (Å²) in [6.45, 7) is 0.724. The maximum absolute atomic E-state index is 5.15. The molecule has 3 heteroatoms. The van der Waals surface area contributed by atoms with Gasteiger partial charge in [-0.05, 0) is 23.3 Å². The van der Waals surface area contributed by atoms with Gasteiger partial charge in [-0.3, -0.25) is 0 Å². The lowest BCUT2D eigenvalue weighted by molar-refractivity contribution is 0.414. The molecule has 0 aliphatic carbocycles. The smallest absolute Gasteiger partial charge is 0.119 e. The number of ether oxygens (including phenoxy) is 1. The Morgan fingerprint density at radius 3 is 2.72 bits per heavy atom. The zero-order valence-corrected chi connectivity index (χ0v) is 10.3. The molecule has 0 aliphatic heterocycles. The van der Waals surface area contributed by atoms with E-state index in [0.717, 1.165) is 17.9 Å². The van der Waals surface area contributed by atoms with Crippen LogP contribution in [0.4, 0.5) is 0 Å². The molecule has 0 unspecified atom stereocenters. The summed E-state index contributed by atoms with van der Waals surface area (Å²) in [4.78, 5) is 0. The number of benzene rings is 2. The lowest BCUT2D eigenvalue weighted by Crippen LogP contribution is -2.05. The van der Waals surface area contributed by atoms with Crippen LogP contribution in [0.5, 0.6) is 5.75 Å². The fourth-order valence-corrected chi connectivity index (χ4v) is 1.57. The number of hydrogen-bond donors (Lipinski definition) is 1. The highest BCUT2D eigenvalue weighted by atomic mass is 16.5. The zero-order valence-electron chi connectivity index (χ0n) is 10.3. The lowest BCUT2D eigenvalue weighted by Gasteiger charge is -2.01. The Hall–Kier alpha value is -2.29. The van der Waals surface area contributed by atoms with Crippen molar-refractivity contribution in [1.82, 2.24) is 5.43 Å². The van der Waals surface area contributed by atoms with Gasteiger partial charge in [-0.15, -0.1) is 0 Å². The molecule has 1 N–H and O–H groups in total.